The molecule has 0 unspecified atom stereocenters. The summed E-state index contributed by atoms with van der Waals surface area (Å²) < 4.78 is 5.63. The average molecular weight is 294 g/mol. The predicted molar refractivity (Wildman–Crippen MR) is 90.5 cm³/mol. The minimum Gasteiger partial charge on any atom is -0.381 e. The zero-order chi connectivity index (χ0) is 15.2. The molecule has 0 saturated carbocycles. The molecule has 122 valence electrons. The van der Waals surface area contributed by atoms with Crippen LogP contribution in [0.3, 0.4) is 0 Å². The van der Waals surface area contributed by atoms with Crippen LogP contribution in [0.15, 0.2) is 0 Å². The van der Waals surface area contributed by atoms with Crippen LogP contribution < -0.4 is 0 Å². The first-order chi connectivity index (χ1) is 10.3. The summed E-state index contributed by atoms with van der Waals surface area (Å²) in [6.45, 7) is 9.90. The van der Waals surface area contributed by atoms with Crippen molar-refractivity contribution < 1.29 is 4.74 Å². The maximum atomic E-state index is 5.63. The van der Waals surface area contributed by atoms with Gasteiger partial charge in [-0.3, -0.25) is 0 Å². The van der Waals surface area contributed by atoms with Crippen LogP contribution in [0, 0.1) is 11.8 Å². The molecule has 0 aromatic heterocycles. The Morgan fingerprint density at radius 3 is 2.48 bits per heavy atom. The van der Waals surface area contributed by atoms with E-state index in [0.717, 1.165) is 39.0 Å². The van der Waals surface area contributed by atoms with E-state index in [9.17, 15) is 0 Å². The minimum absolute atomic E-state index is 0.855. The van der Waals surface area contributed by atoms with Crippen LogP contribution in [-0.4, -0.2) is 62.8 Å². The highest BCUT2D eigenvalue weighted by Gasteiger charge is 2.09. The van der Waals surface area contributed by atoms with Crippen molar-refractivity contribution in [1.29, 1.82) is 0 Å². The lowest BCUT2D eigenvalue weighted by Gasteiger charge is -2.27. The van der Waals surface area contributed by atoms with Gasteiger partial charge in [0.05, 0.1) is 0 Å². The molecule has 21 heavy (non-hydrogen) atoms. The third-order valence-electron chi connectivity index (χ3n) is 4.06. The van der Waals surface area contributed by atoms with Gasteiger partial charge < -0.3 is 14.5 Å². The van der Waals surface area contributed by atoms with Crippen molar-refractivity contribution in [3.8, 4) is 11.8 Å². The number of ether oxygens (including phenoxy) is 1. The number of hydrogen-bond acceptors (Lipinski definition) is 3. The number of hydrogen-bond donors (Lipinski definition) is 0. The molecule has 0 bridgehead atoms. The molecule has 0 atom stereocenters. The maximum absolute atomic E-state index is 5.63. The molecule has 0 N–H and O–H groups in total. The van der Waals surface area contributed by atoms with Gasteiger partial charge in [0.15, 0.2) is 0 Å². The molecule has 0 aromatic rings. The highest BCUT2D eigenvalue weighted by atomic mass is 16.5. The number of likely N-dealkylation sites (tertiary alicyclic amines) is 1. The van der Waals surface area contributed by atoms with E-state index >= 15 is 0 Å². The summed E-state index contributed by atoms with van der Waals surface area (Å²) in [6.07, 6.45) is 8.70. The summed E-state index contributed by atoms with van der Waals surface area (Å²) in [6, 6.07) is 0. The van der Waals surface area contributed by atoms with Crippen LogP contribution in [-0.2, 0) is 4.74 Å². The van der Waals surface area contributed by atoms with E-state index in [0.29, 0.717) is 0 Å². The second kappa shape index (κ2) is 13.1. The van der Waals surface area contributed by atoms with Crippen LogP contribution in [0.1, 0.15) is 51.9 Å². The predicted octanol–water partition coefficient (Wildman–Crippen LogP) is 3.00. The van der Waals surface area contributed by atoms with E-state index in [4.69, 9.17) is 4.74 Å². The average Bonchev–Trinajstić information content (AvgIpc) is 2.51. The summed E-state index contributed by atoms with van der Waals surface area (Å²) >= 11 is 0. The standard InChI is InChI=1S/C18H34N2O/c1-3-4-5-9-17-21-18-11-13-19(2)12-10-16-20-14-7-6-8-15-20/h5-18H2,1-2H3. The Morgan fingerprint density at radius 1 is 1.00 bits per heavy atom. The van der Waals surface area contributed by atoms with Gasteiger partial charge in [-0.1, -0.05) is 6.42 Å². The highest BCUT2D eigenvalue weighted by molar-refractivity contribution is 4.94. The van der Waals surface area contributed by atoms with Crippen molar-refractivity contribution in [2.24, 2.45) is 0 Å². The smallest absolute Gasteiger partial charge is 0.0478 e. The maximum Gasteiger partial charge on any atom is 0.0478 e. The second-order valence-electron chi connectivity index (χ2n) is 6.06. The quantitative estimate of drug-likeness (QED) is 0.430. The van der Waals surface area contributed by atoms with Crippen molar-refractivity contribution in [1.82, 2.24) is 9.80 Å². The first kappa shape index (κ1) is 18.5. The Labute approximate surface area is 132 Å². The molecular formula is C18H34N2O. The molecule has 0 radical (unpaired) electrons. The second-order valence-corrected chi connectivity index (χ2v) is 6.06. The fraction of sp³-hybridized carbons (Fsp3) is 0.889. The van der Waals surface area contributed by atoms with Crippen molar-refractivity contribution in [2.45, 2.75) is 51.9 Å². The van der Waals surface area contributed by atoms with Crippen molar-refractivity contribution >= 4 is 0 Å². The Kier molecular flexibility index (Phi) is 11.6. The molecule has 1 heterocycles. The number of piperidine rings is 1. The van der Waals surface area contributed by atoms with E-state index in [1.807, 2.05) is 6.92 Å². The number of nitrogens with zero attached hydrogens (tertiary/aromatic N) is 2. The SMILES string of the molecule is CC#CCCCOCCCN(C)CCCN1CCCCC1. The van der Waals surface area contributed by atoms with Gasteiger partial charge in [-0.15, -0.1) is 11.8 Å². The Balaban J connectivity index is 1.84. The van der Waals surface area contributed by atoms with Gasteiger partial charge >= 0.3 is 0 Å². The molecule has 1 aliphatic rings. The van der Waals surface area contributed by atoms with E-state index in [1.54, 1.807) is 0 Å². The molecule has 3 nitrogen and oxygen atoms in total. The molecule has 0 aliphatic carbocycles. The van der Waals surface area contributed by atoms with Crippen LogP contribution in [0.25, 0.3) is 0 Å². The van der Waals surface area contributed by atoms with Crippen molar-refractivity contribution in [2.75, 3.05) is 53.0 Å². The molecular weight excluding hydrogens is 260 g/mol. The van der Waals surface area contributed by atoms with E-state index in [-0.39, 0.29) is 0 Å². The van der Waals surface area contributed by atoms with Gasteiger partial charge in [0.25, 0.3) is 0 Å². The van der Waals surface area contributed by atoms with Crippen LogP contribution in [0.2, 0.25) is 0 Å². The van der Waals surface area contributed by atoms with E-state index < -0.39 is 0 Å². The summed E-state index contributed by atoms with van der Waals surface area (Å²) in [4.78, 5) is 5.06. The fourth-order valence-electron chi connectivity index (χ4n) is 2.79. The zero-order valence-corrected chi connectivity index (χ0v) is 14.2. The lowest BCUT2D eigenvalue weighted by atomic mass is 10.1. The Morgan fingerprint density at radius 2 is 1.71 bits per heavy atom. The van der Waals surface area contributed by atoms with Gasteiger partial charge in [0, 0.05) is 26.2 Å². The lowest BCUT2D eigenvalue weighted by Crippen LogP contribution is -2.32. The molecule has 3 heteroatoms. The third-order valence-corrected chi connectivity index (χ3v) is 4.06. The molecule has 0 aromatic carbocycles. The molecule has 0 spiro atoms. The monoisotopic (exact) mass is 294 g/mol. The van der Waals surface area contributed by atoms with Crippen LogP contribution in [0.5, 0.6) is 0 Å². The molecule has 0 amide bonds. The summed E-state index contributed by atoms with van der Waals surface area (Å²) in [5.74, 6) is 5.98. The van der Waals surface area contributed by atoms with Crippen LogP contribution >= 0.6 is 0 Å². The van der Waals surface area contributed by atoms with Gasteiger partial charge in [-0.05, 0) is 72.3 Å². The van der Waals surface area contributed by atoms with Crippen molar-refractivity contribution in [3.63, 3.8) is 0 Å². The molecule has 1 fully saturated rings. The van der Waals surface area contributed by atoms with E-state index in [2.05, 4.69) is 28.7 Å². The summed E-state index contributed by atoms with van der Waals surface area (Å²) in [5, 5.41) is 0. The largest absolute Gasteiger partial charge is 0.381 e. The normalized spacial score (nSPS) is 16.0. The Bertz CT molecular complexity index is 289. The lowest BCUT2D eigenvalue weighted by molar-refractivity contribution is 0.121. The zero-order valence-electron chi connectivity index (χ0n) is 14.2. The van der Waals surface area contributed by atoms with Crippen LogP contribution in [0.4, 0.5) is 0 Å². The minimum atomic E-state index is 0.855. The van der Waals surface area contributed by atoms with Gasteiger partial charge in [0.2, 0.25) is 0 Å². The summed E-state index contributed by atoms with van der Waals surface area (Å²) in [5.41, 5.74) is 0. The molecule has 1 rings (SSSR count). The first-order valence-electron chi connectivity index (χ1n) is 8.71. The third kappa shape index (κ3) is 10.8. The van der Waals surface area contributed by atoms with E-state index in [1.165, 1.54) is 51.9 Å². The first-order valence-corrected chi connectivity index (χ1v) is 8.71. The number of rotatable bonds is 11. The topological polar surface area (TPSA) is 15.7 Å². The van der Waals surface area contributed by atoms with Gasteiger partial charge in [0.1, 0.15) is 0 Å². The van der Waals surface area contributed by atoms with Crippen molar-refractivity contribution in [3.05, 3.63) is 0 Å². The summed E-state index contributed by atoms with van der Waals surface area (Å²) in [7, 11) is 2.23. The fourth-order valence-corrected chi connectivity index (χ4v) is 2.79. The number of unbranched alkanes of at least 4 members (excludes halogenated alkanes) is 1. The van der Waals surface area contributed by atoms with Gasteiger partial charge in [-0.25, -0.2) is 0 Å². The Hall–Kier alpha value is -0.560. The molecule has 1 saturated heterocycles. The van der Waals surface area contributed by atoms with Gasteiger partial charge in [-0.2, -0.15) is 0 Å². The molecule has 1 aliphatic heterocycles. The highest BCUT2D eigenvalue weighted by Crippen LogP contribution is 2.08.